The van der Waals surface area contributed by atoms with Gasteiger partial charge >= 0.3 is 0 Å². The Labute approximate surface area is 136 Å². The zero-order valence-electron chi connectivity index (χ0n) is 13.4. The molecule has 22 heavy (non-hydrogen) atoms. The van der Waals surface area contributed by atoms with Crippen LogP contribution in [0.5, 0.6) is 0 Å². The number of rotatable bonds is 4. The smallest absolute Gasteiger partial charge is 0.255 e. The van der Waals surface area contributed by atoms with E-state index in [1.165, 1.54) is 0 Å². The number of nitrogens with zero attached hydrogens (tertiary/aromatic N) is 2. The lowest BCUT2D eigenvalue weighted by Gasteiger charge is -2.31. The molecule has 0 bridgehead atoms. The van der Waals surface area contributed by atoms with Gasteiger partial charge in [0.25, 0.3) is 5.91 Å². The third kappa shape index (κ3) is 3.47. The maximum Gasteiger partial charge on any atom is 0.255 e. The summed E-state index contributed by atoms with van der Waals surface area (Å²) in [6.45, 7) is 8.12. The van der Waals surface area contributed by atoms with E-state index in [9.17, 15) is 4.79 Å². The highest BCUT2D eigenvalue weighted by Crippen LogP contribution is 2.25. The van der Waals surface area contributed by atoms with Crippen LogP contribution in [0.25, 0.3) is 11.3 Å². The third-order valence-corrected chi connectivity index (χ3v) is 3.73. The molecule has 4 heteroatoms. The van der Waals surface area contributed by atoms with Crippen LogP contribution < -0.4 is 0 Å². The number of carbonyl (C=O) groups excluding carboxylic acids is 1. The van der Waals surface area contributed by atoms with Gasteiger partial charge in [0.2, 0.25) is 0 Å². The third-order valence-electron chi connectivity index (χ3n) is 3.51. The molecular formula is C18H21ClN2O. The molecule has 0 spiro atoms. The molecule has 0 aliphatic rings. The second-order valence-electron chi connectivity index (χ2n) is 5.81. The van der Waals surface area contributed by atoms with Gasteiger partial charge in [-0.25, -0.2) is 0 Å². The minimum absolute atomic E-state index is 0.0253. The Morgan fingerprint density at radius 1 is 1.05 bits per heavy atom. The number of amides is 1. The van der Waals surface area contributed by atoms with Crippen molar-refractivity contribution in [3.8, 4) is 11.3 Å². The molecule has 0 N–H and O–H groups in total. The van der Waals surface area contributed by atoms with Crippen LogP contribution in [-0.4, -0.2) is 27.9 Å². The van der Waals surface area contributed by atoms with E-state index in [1.807, 2.05) is 62.9 Å². The molecule has 0 unspecified atom stereocenters. The van der Waals surface area contributed by atoms with E-state index in [0.717, 1.165) is 11.3 Å². The molecule has 0 aliphatic heterocycles. The van der Waals surface area contributed by atoms with Gasteiger partial charge in [-0.1, -0.05) is 29.8 Å². The zero-order valence-corrected chi connectivity index (χ0v) is 14.1. The summed E-state index contributed by atoms with van der Waals surface area (Å²) in [5.74, 6) is 0.0253. The van der Waals surface area contributed by atoms with Gasteiger partial charge in [-0.05, 0) is 45.9 Å². The Morgan fingerprint density at radius 3 is 2.23 bits per heavy atom. The Kier molecular flexibility index (Phi) is 5.19. The average molecular weight is 317 g/mol. The first-order chi connectivity index (χ1) is 10.4. The molecule has 116 valence electrons. The summed E-state index contributed by atoms with van der Waals surface area (Å²) >= 11 is 5.90. The van der Waals surface area contributed by atoms with Gasteiger partial charge in [0.15, 0.2) is 0 Å². The van der Waals surface area contributed by atoms with Crippen LogP contribution >= 0.6 is 11.6 Å². The molecular weight excluding hydrogens is 296 g/mol. The minimum atomic E-state index is 0.0253. The van der Waals surface area contributed by atoms with Gasteiger partial charge in [0.05, 0.1) is 10.7 Å². The first-order valence-corrected chi connectivity index (χ1v) is 7.83. The molecule has 0 radical (unpaired) electrons. The summed E-state index contributed by atoms with van der Waals surface area (Å²) < 4.78 is 0. The second-order valence-corrected chi connectivity index (χ2v) is 6.24. The van der Waals surface area contributed by atoms with Crippen molar-refractivity contribution >= 4 is 17.5 Å². The van der Waals surface area contributed by atoms with Crippen LogP contribution in [0.15, 0.2) is 42.6 Å². The number of pyridine rings is 1. The van der Waals surface area contributed by atoms with Crippen LogP contribution in [0.1, 0.15) is 38.1 Å². The highest BCUT2D eigenvalue weighted by molar-refractivity contribution is 6.30. The van der Waals surface area contributed by atoms with Gasteiger partial charge in [-0.2, -0.15) is 0 Å². The van der Waals surface area contributed by atoms with Gasteiger partial charge in [-0.3, -0.25) is 9.78 Å². The zero-order chi connectivity index (χ0) is 16.3. The van der Waals surface area contributed by atoms with Crippen molar-refractivity contribution in [1.82, 2.24) is 9.88 Å². The van der Waals surface area contributed by atoms with E-state index in [-0.39, 0.29) is 18.0 Å². The Hall–Kier alpha value is -1.87. The van der Waals surface area contributed by atoms with Crippen molar-refractivity contribution in [2.75, 3.05) is 0 Å². The predicted octanol–water partition coefficient (Wildman–Crippen LogP) is 4.66. The highest BCUT2D eigenvalue weighted by Gasteiger charge is 2.24. The monoisotopic (exact) mass is 316 g/mol. The molecule has 1 aromatic heterocycles. The first kappa shape index (κ1) is 16.5. The summed E-state index contributed by atoms with van der Waals surface area (Å²) in [6.07, 6.45) is 1.60. The van der Waals surface area contributed by atoms with E-state index in [1.54, 1.807) is 12.3 Å². The molecule has 1 aromatic carbocycles. The summed E-state index contributed by atoms with van der Waals surface area (Å²) in [5, 5.41) is 0.582. The predicted molar refractivity (Wildman–Crippen MR) is 91.1 cm³/mol. The Morgan fingerprint density at radius 2 is 1.68 bits per heavy atom. The van der Waals surface area contributed by atoms with Crippen molar-refractivity contribution in [3.05, 3.63) is 53.2 Å². The van der Waals surface area contributed by atoms with Crippen LogP contribution in [0.2, 0.25) is 5.02 Å². The lowest BCUT2D eigenvalue weighted by Crippen LogP contribution is -2.42. The maximum absolute atomic E-state index is 13.0. The molecule has 1 amide bonds. The molecule has 0 saturated carbocycles. The van der Waals surface area contributed by atoms with Crippen molar-refractivity contribution < 1.29 is 4.79 Å². The number of benzene rings is 1. The normalized spacial score (nSPS) is 11.0. The van der Waals surface area contributed by atoms with E-state index in [0.29, 0.717) is 10.6 Å². The van der Waals surface area contributed by atoms with E-state index in [2.05, 4.69) is 4.98 Å². The van der Waals surface area contributed by atoms with Crippen LogP contribution in [0.3, 0.4) is 0 Å². The van der Waals surface area contributed by atoms with E-state index in [4.69, 9.17) is 11.6 Å². The number of halogens is 1. The standard InChI is InChI=1S/C18H21ClN2O/c1-12(2)21(13(3)4)18(22)16-8-6-5-7-15(16)17-10-9-14(19)11-20-17/h5-13H,1-4H3. The summed E-state index contributed by atoms with van der Waals surface area (Å²) in [7, 11) is 0. The van der Waals surface area contributed by atoms with Gasteiger partial charge < -0.3 is 4.90 Å². The summed E-state index contributed by atoms with van der Waals surface area (Å²) in [5.41, 5.74) is 2.25. The van der Waals surface area contributed by atoms with Gasteiger partial charge in [0.1, 0.15) is 0 Å². The minimum Gasteiger partial charge on any atom is -0.334 e. The van der Waals surface area contributed by atoms with Gasteiger partial charge in [-0.15, -0.1) is 0 Å². The van der Waals surface area contributed by atoms with Crippen molar-refractivity contribution in [2.24, 2.45) is 0 Å². The molecule has 2 aromatic rings. The van der Waals surface area contributed by atoms with E-state index >= 15 is 0 Å². The topological polar surface area (TPSA) is 33.2 Å². The maximum atomic E-state index is 13.0. The molecule has 0 saturated heterocycles. The lowest BCUT2D eigenvalue weighted by molar-refractivity contribution is 0.0644. The number of carbonyl (C=O) groups is 1. The fourth-order valence-electron chi connectivity index (χ4n) is 2.63. The lowest BCUT2D eigenvalue weighted by atomic mass is 10.0. The summed E-state index contributed by atoms with van der Waals surface area (Å²) in [6, 6.07) is 11.5. The second kappa shape index (κ2) is 6.93. The molecule has 1 heterocycles. The van der Waals surface area contributed by atoms with Gasteiger partial charge in [0, 0.05) is 29.4 Å². The quantitative estimate of drug-likeness (QED) is 0.821. The Bertz CT molecular complexity index is 642. The molecule has 2 rings (SSSR count). The summed E-state index contributed by atoms with van der Waals surface area (Å²) in [4.78, 5) is 19.2. The average Bonchev–Trinajstić information content (AvgIpc) is 2.47. The van der Waals surface area contributed by atoms with Crippen LogP contribution in [0, 0.1) is 0 Å². The highest BCUT2D eigenvalue weighted by atomic mass is 35.5. The van der Waals surface area contributed by atoms with Crippen molar-refractivity contribution in [2.45, 2.75) is 39.8 Å². The number of aromatic nitrogens is 1. The van der Waals surface area contributed by atoms with E-state index < -0.39 is 0 Å². The van der Waals surface area contributed by atoms with Crippen molar-refractivity contribution in [3.63, 3.8) is 0 Å². The molecule has 0 fully saturated rings. The fourth-order valence-corrected chi connectivity index (χ4v) is 2.74. The van der Waals surface area contributed by atoms with Crippen molar-refractivity contribution in [1.29, 1.82) is 0 Å². The van der Waals surface area contributed by atoms with Crippen LogP contribution in [0.4, 0.5) is 0 Å². The SMILES string of the molecule is CC(C)N(C(=O)c1ccccc1-c1ccc(Cl)cn1)C(C)C. The first-order valence-electron chi connectivity index (χ1n) is 7.45. The number of hydrogen-bond acceptors (Lipinski definition) is 2. The Balaban J connectivity index is 2.48. The largest absolute Gasteiger partial charge is 0.334 e. The fraction of sp³-hybridized carbons (Fsp3) is 0.333. The molecule has 0 atom stereocenters. The van der Waals surface area contributed by atoms with Crippen LogP contribution in [-0.2, 0) is 0 Å². The molecule has 3 nitrogen and oxygen atoms in total. The number of hydrogen-bond donors (Lipinski definition) is 0. The molecule has 0 aliphatic carbocycles.